The highest BCUT2D eigenvalue weighted by Gasteiger charge is 2.34. The fourth-order valence-corrected chi connectivity index (χ4v) is 3.24. The first-order chi connectivity index (χ1) is 11.1. The van der Waals surface area contributed by atoms with Crippen LogP contribution < -0.4 is 0 Å². The molecule has 1 atom stereocenters. The smallest absolute Gasteiger partial charge is 0.135 e. The predicted molar refractivity (Wildman–Crippen MR) is 85.3 cm³/mol. The lowest BCUT2D eigenvalue weighted by Crippen LogP contribution is -2.49. The van der Waals surface area contributed by atoms with E-state index in [9.17, 15) is 5.11 Å². The van der Waals surface area contributed by atoms with Crippen molar-refractivity contribution in [1.29, 1.82) is 5.26 Å². The average molecular weight is 311 g/mol. The van der Waals surface area contributed by atoms with Crippen LogP contribution in [0, 0.1) is 11.3 Å². The topological polar surface area (TPSA) is 78.0 Å². The second-order valence-electron chi connectivity index (χ2n) is 6.39. The van der Waals surface area contributed by atoms with Crippen LogP contribution in [0.2, 0.25) is 0 Å². The van der Waals surface area contributed by atoms with Gasteiger partial charge in [0.15, 0.2) is 0 Å². The largest absolute Gasteiger partial charge is 0.388 e. The van der Waals surface area contributed by atoms with Crippen LogP contribution in [-0.2, 0) is 20.0 Å². The minimum absolute atomic E-state index is 0.512. The van der Waals surface area contributed by atoms with Gasteiger partial charge < -0.3 is 9.67 Å². The van der Waals surface area contributed by atoms with Crippen molar-refractivity contribution in [3.05, 3.63) is 47.5 Å². The zero-order valence-electron chi connectivity index (χ0n) is 13.3. The summed E-state index contributed by atoms with van der Waals surface area (Å²) < 4.78 is 1.85. The summed E-state index contributed by atoms with van der Waals surface area (Å²) in [5.41, 5.74) is 1.01. The molecule has 0 aliphatic carbocycles. The third-order valence-electron chi connectivity index (χ3n) is 4.39. The molecule has 23 heavy (non-hydrogen) atoms. The maximum atomic E-state index is 10.9. The van der Waals surface area contributed by atoms with Crippen LogP contribution in [0.25, 0.3) is 0 Å². The van der Waals surface area contributed by atoms with Crippen LogP contribution in [0.15, 0.2) is 30.6 Å². The molecular formula is C17H21N5O. The zero-order valence-corrected chi connectivity index (χ0v) is 13.3. The van der Waals surface area contributed by atoms with Gasteiger partial charge >= 0.3 is 0 Å². The summed E-state index contributed by atoms with van der Waals surface area (Å²) in [7, 11) is 1.90. The summed E-state index contributed by atoms with van der Waals surface area (Å²) in [6.45, 7) is 2.31. The summed E-state index contributed by atoms with van der Waals surface area (Å²) in [5, 5.41) is 27.9. The molecule has 1 unspecified atom stereocenters. The molecule has 1 saturated heterocycles. The lowest BCUT2D eigenvalue weighted by atomic mass is 9.89. The van der Waals surface area contributed by atoms with Gasteiger partial charge in [-0.25, -0.2) is 0 Å². The van der Waals surface area contributed by atoms with E-state index in [1.807, 2.05) is 35.9 Å². The summed E-state index contributed by atoms with van der Waals surface area (Å²) >= 11 is 0. The fraction of sp³-hybridized carbons (Fsp3) is 0.471. The molecule has 1 aliphatic rings. The zero-order chi connectivity index (χ0) is 16.3. The van der Waals surface area contributed by atoms with Crippen molar-refractivity contribution in [2.45, 2.75) is 31.4 Å². The Morgan fingerprint density at radius 3 is 3.04 bits per heavy atom. The van der Waals surface area contributed by atoms with Crippen molar-refractivity contribution in [3.8, 4) is 6.07 Å². The van der Waals surface area contributed by atoms with Crippen LogP contribution in [0.5, 0.6) is 0 Å². The number of likely N-dealkylation sites (tertiary alicyclic amines) is 1. The molecule has 6 nitrogen and oxygen atoms in total. The summed E-state index contributed by atoms with van der Waals surface area (Å²) in [6, 6.07) is 9.82. The fourth-order valence-electron chi connectivity index (χ4n) is 3.24. The molecule has 1 fully saturated rings. The van der Waals surface area contributed by atoms with Crippen LogP contribution >= 0.6 is 0 Å². The minimum Gasteiger partial charge on any atom is -0.388 e. The van der Waals surface area contributed by atoms with E-state index in [1.54, 1.807) is 6.33 Å². The lowest BCUT2D eigenvalue weighted by molar-refractivity contribution is -0.0344. The number of nitrogens with zero attached hydrogens (tertiary/aromatic N) is 5. The number of aromatic nitrogens is 3. The van der Waals surface area contributed by atoms with Gasteiger partial charge in [-0.3, -0.25) is 4.90 Å². The van der Waals surface area contributed by atoms with Gasteiger partial charge in [0.2, 0.25) is 0 Å². The van der Waals surface area contributed by atoms with Crippen molar-refractivity contribution in [2.75, 3.05) is 13.1 Å². The molecule has 1 aliphatic heterocycles. The van der Waals surface area contributed by atoms with E-state index in [2.05, 4.69) is 21.2 Å². The van der Waals surface area contributed by atoms with Crippen LogP contribution in [0.4, 0.5) is 0 Å². The van der Waals surface area contributed by atoms with Gasteiger partial charge in [0, 0.05) is 26.6 Å². The van der Waals surface area contributed by atoms with E-state index in [0.717, 1.165) is 37.3 Å². The number of hydrogen-bond acceptors (Lipinski definition) is 5. The number of aryl methyl sites for hydroxylation is 1. The Hall–Kier alpha value is -2.23. The molecule has 1 aromatic carbocycles. The molecule has 1 aromatic heterocycles. The Bertz CT molecular complexity index is 720. The second kappa shape index (κ2) is 6.49. The highest BCUT2D eigenvalue weighted by atomic mass is 16.3. The quantitative estimate of drug-likeness (QED) is 0.919. The molecule has 0 saturated carbocycles. The van der Waals surface area contributed by atoms with Crippen molar-refractivity contribution >= 4 is 0 Å². The van der Waals surface area contributed by atoms with Crippen molar-refractivity contribution in [1.82, 2.24) is 19.7 Å². The van der Waals surface area contributed by atoms with Crippen molar-refractivity contribution in [3.63, 3.8) is 0 Å². The number of benzene rings is 1. The highest BCUT2D eigenvalue weighted by Crippen LogP contribution is 2.25. The lowest BCUT2D eigenvalue weighted by Gasteiger charge is -2.39. The number of aliphatic hydroxyl groups is 1. The van der Waals surface area contributed by atoms with Crippen molar-refractivity contribution < 1.29 is 5.11 Å². The maximum absolute atomic E-state index is 10.9. The van der Waals surface area contributed by atoms with E-state index in [0.29, 0.717) is 18.5 Å². The number of hydrogen-bond donors (Lipinski definition) is 1. The number of β-amino-alcohol motifs (C(OH)–C–C–N with tert-alkyl or cyclic N) is 1. The maximum Gasteiger partial charge on any atom is 0.135 e. The van der Waals surface area contributed by atoms with Crippen molar-refractivity contribution in [2.24, 2.45) is 7.05 Å². The summed E-state index contributed by atoms with van der Waals surface area (Å²) in [5.74, 6) is 0.806. The Morgan fingerprint density at radius 1 is 1.43 bits per heavy atom. The number of nitriles is 1. The van der Waals surface area contributed by atoms with Crippen LogP contribution in [-0.4, -0.2) is 43.5 Å². The Labute approximate surface area is 136 Å². The first-order valence-electron chi connectivity index (χ1n) is 7.85. The number of rotatable bonds is 4. The molecule has 2 heterocycles. The van der Waals surface area contributed by atoms with Gasteiger partial charge in [-0.2, -0.15) is 5.26 Å². The first kappa shape index (κ1) is 15.7. The third-order valence-corrected chi connectivity index (χ3v) is 4.39. The molecule has 0 bridgehead atoms. The highest BCUT2D eigenvalue weighted by molar-refractivity contribution is 5.32. The van der Waals surface area contributed by atoms with E-state index in [4.69, 9.17) is 5.26 Å². The van der Waals surface area contributed by atoms with Crippen LogP contribution in [0.1, 0.15) is 29.8 Å². The van der Waals surface area contributed by atoms with Gasteiger partial charge in [-0.05, 0) is 37.1 Å². The Balaban J connectivity index is 1.68. The summed E-state index contributed by atoms with van der Waals surface area (Å²) in [4.78, 5) is 2.25. The van der Waals surface area contributed by atoms with Gasteiger partial charge in [-0.15, -0.1) is 10.2 Å². The molecule has 1 N–H and O–H groups in total. The van der Waals surface area contributed by atoms with Gasteiger partial charge in [0.25, 0.3) is 0 Å². The third kappa shape index (κ3) is 3.76. The van der Waals surface area contributed by atoms with E-state index < -0.39 is 5.60 Å². The van der Waals surface area contributed by atoms with Gasteiger partial charge in [0.1, 0.15) is 12.2 Å². The average Bonchev–Trinajstić information content (AvgIpc) is 2.92. The van der Waals surface area contributed by atoms with E-state index in [1.165, 1.54) is 0 Å². The molecule has 0 amide bonds. The first-order valence-corrected chi connectivity index (χ1v) is 7.85. The van der Waals surface area contributed by atoms with Crippen LogP contribution in [0.3, 0.4) is 0 Å². The Kier molecular flexibility index (Phi) is 4.42. The van der Waals surface area contributed by atoms with E-state index >= 15 is 0 Å². The normalized spacial score (nSPS) is 22.0. The standard InChI is InChI=1S/C17H21N5O/c1-21-13-19-20-16(21)9-17(23)6-3-7-22(12-17)11-15-5-2-4-14(8-15)10-18/h2,4-5,8,13,23H,3,6-7,9,11-12H2,1H3. The molecule has 2 aromatic rings. The van der Waals surface area contributed by atoms with Gasteiger partial charge in [-0.1, -0.05) is 12.1 Å². The molecule has 0 radical (unpaired) electrons. The monoisotopic (exact) mass is 311 g/mol. The SMILES string of the molecule is Cn1cnnc1CC1(O)CCCN(Cc2cccc(C#N)c2)C1. The minimum atomic E-state index is -0.772. The summed E-state index contributed by atoms with van der Waals surface area (Å²) in [6.07, 6.45) is 3.89. The molecule has 3 rings (SSSR count). The second-order valence-corrected chi connectivity index (χ2v) is 6.39. The van der Waals surface area contributed by atoms with Gasteiger partial charge in [0.05, 0.1) is 17.2 Å². The number of piperidine rings is 1. The molecular weight excluding hydrogens is 290 g/mol. The predicted octanol–water partition coefficient (Wildman–Crippen LogP) is 1.26. The molecule has 6 heteroatoms. The van der Waals surface area contributed by atoms with E-state index in [-0.39, 0.29) is 0 Å². The molecule has 0 spiro atoms. The molecule has 120 valence electrons. The Morgan fingerprint density at radius 2 is 2.30 bits per heavy atom.